The van der Waals surface area contributed by atoms with Crippen molar-refractivity contribution in [3.8, 4) is 0 Å². The van der Waals surface area contributed by atoms with Crippen LogP contribution in [-0.2, 0) is 9.59 Å². The first-order chi connectivity index (χ1) is 9.49. The number of carbonyl (C=O) groups excluding carboxylic acids is 2. The van der Waals surface area contributed by atoms with Gasteiger partial charge in [0.2, 0.25) is 0 Å². The molecule has 108 valence electrons. The van der Waals surface area contributed by atoms with Gasteiger partial charge in [-0.3, -0.25) is 9.59 Å². The summed E-state index contributed by atoms with van der Waals surface area (Å²) in [4.78, 5) is 25.4. The van der Waals surface area contributed by atoms with Crippen LogP contribution >= 0.6 is 15.9 Å². The van der Waals surface area contributed by atoms with Gasteiger partial charge in [0.1, 0.15) is 0 Å². The molecule has 0 saturated carbocycles. The fraction of sp³-hybridized carbons (Fsp3) is 0.429. The molecule has 1 aliphatic heterocycles. The topological polar surface area (TPSA) is 69.6 Å². The quantitative estimate of drug-likeness (QED) is 0.764. The number of rotatable bonds is 1. The lowest BCUT2D eigenvalue weighted by molar-refractivity contribution is -0.145. The predicted octanol–water partition coefficient (Wildman–Crippen LogP) is 1.68. The lowest BCUT2D eigenvalue weighted by atomic mass is 10.1. The van der Waals surface area contributed by atoms with Gasteiger partial charge in [0, 0.05) is 23.2 Å². The van der Waals surface area contributed by atoms with Crippen molar-refractivity contribution >= 4 is 33.4 Å². The summed E-state index contributed by atoms with van der Waals surface area (Å²) in [6, 6.07) is 5.41. The molecule has 0 spiro atoms. The summed E-state index contributed by atoms with van der Waals surface area (Å²) in [6.07, 6.45) is 0.861. The van der Waals surface area contributed by atoms with E-state index in [2.05, 4.69) is 21.2 Å². The standard InChI is InChI=1S/C14H17BrN2O3/c1-9-11(15)5-2-6-12(9)16-13(19)14(20)17-7-3-4-10(18)8-17/h2,5-6,10,18H,3-4,7-8H2,1H3,(H,16,19). The fourth-order valence-electron chi connectivity index (χ4n) is 2.20. The number of nitrogens with zero attached hydrogens (tertiary/aromatic N) is 1. The number of anilines is 1. The molecule has 1 aliphatic rings. The zero-order valence-corrected chi connectivity index (χ0v) is 12.8. The molecule has 1 atom stereocenters. The van der Waals surface area contributed by atoms with E-state index in [1.807, 2.05) is 13.0 Å². The molecule has 1 aromatic rings. The van der Waals surface area contributed by atoms with Crippen LogP contribution in [0.3, 0.4) is 0 Å². The van der Waals surface area contributed by atoms with Crippen LogP contribution in [0.1, 0.15) is 18.4 Å². The second kappa shape index (κ2) is 6.37. The van der Waals surface area contributed by atoms with Crippen molar-refractivity contribution in [1.82, 2.24) is 4.90 Å². The summed E-state index contributed by atoms with van der Waals surface area (Å²) in [5.41, 5.74) is 1.47. The van der Waals surface area contributed by atoms with Crippen molar-refractivity contribution in [2.45, 2.75) is 25.9 Å². The molecule has 0 aromatic heterocycles. The van der Waals surface area contributed by atoms with Crippen molar-refractivity contribution < 1.29 is 14.7 Å². The van der Waals surface area contributed by atoms with E-state index in [0.29, 0.717) is 18.7 Å². The van der Waals surface area contributed by atoms with Crippen LogP contribution in [0.2, 0.25) is 0 Å². The van der Waals surface area contributed by atoms with E-state index < -0.39 is 17.9 Å². The molecule has 0 aliphatic carbocycles. The first kappa shape index (κ1) is 15.0. The third-order valence-electron chi connectivity index (χ3n) is 3.39. The number of carbonyl (C=O) groups is 2. The molecule has 2 amide bonds. The maximum absolute atomic E-state index is 12.0. The maximum Gasteiger partial charge on any atom is 0.313 e. The molecular formula is C14H17BrN2O3. The highest BCUT2D eigenvalue weighted by Crippen LogP contribution is 2.23. The van der Waals surface area contributed by atoms with Crippen molar-refractivity contribution in [3.05, 3.63) is 28.2 Å². The fourth-order valence-corrected chi connectivity index (χ4v) is 2.57. The van der Waals surface area contributed by atoms with Gasteiger partial charge in [-0.25, -0.2) is 0 Å². The first-order valence-electron chi connectivity index (χ1n) is 6.52. The van der Waals surface area contributed by atoms with Crippen molar-refractivity contribution in [1.29, 1.82) is 0 Å². The Morgan fingerprint density at radius 1 is 1.45 bits per heavy atom. The van der Waals surface area contributed by atoms with Gasteiger partial charge >= 0.3 is 11.8 Å². The Hall–Kier alpha value is -1.40. The van der Waals surface area contributed by atoms with Crippen molar-refractivity contribution in [2.24, 2.45) is 0 Å². The van der Waals surface area contributed by atoms with Crippen LogP contribution in [0.5, 0.6) is 0 Å². The van der Waals surface area contributed by atoms with E-state index in [4.69, 9.17) is 0 Å². The zero-order chi connectivity index (χ0) is 14.7. The summed E-state index contributed by atoms with van der Waals surface area (Å²) in [5, 5.41) is 12.2. The first-order valence-corrected chi connectivity index (χ1v) is 7.32. The average molecular weight is 341 g/mol. The van der Waals surface area contributed by atoms with E-state index in [9.17, 15) is 14.7 Å². The third kappa shape index (κ3) is 3.37. The molecule has 1 saturated heterocycles. The summed E-state index contributed by atoms with van der Waals surface area (Å²) < 4.78 is 0.871. The molecule has 1 aromatic carbocycles. The van der Waals surface area contributed by atoms with Crippen molar-refractivity contribution in [3.63, 3.8) is 0 Å². The normalized spacial score (nSPS) is 18.8. The zero-order valence-electron chi connectivity index (χ0n) is 11.2. The number of piperidine rings is 1. The molecule has 0 bridgehead atoms. The monoisotopic (exact) mass is 340 g/mol. The van der Waals surface area contributed by atoms with Crippen LogP contribution in [0.4, 0.5) is 5.69 Å². The second-order valence-electron chi connectivity index (χ2n) is 4.91. The Labute approximate surface area is 126 Å². The summed E-state index contributed by atoms with van der Waals surface area (Å²) in [6.45, 7) is 2.60. The van der Waals surface area contributed by atoms with E-state index in [0.717, 1.165) is 16.5 Å². The van der Waals surface area contributed by atoms with Gasteiger partial charge in [0.25, 0.3) is 0 Å². The maximum atomic E-state index is 12.0. The van der Waals surface area contributed by atoms with Crippen LogP contribution in [0, 0.1) is 6.92 Å². The van der Waals surface area contributed by atoms with Gasteiger partial charge in [0.05, 0.1) is 6.10 Å². The molecule has 0 radical (unpaired) electrons. The summed E-state index contributed by atoms with van der Waals surface area (Å²) in [5.74, 6) is -1.26. The number of nitrogens with one attached hydrogen (secondary N) is 1. The van der Waals surface area contributed by atoms with Crippen molar-refractivity contribution in [2.75, 3.05) is 18.4 Å². The van der Waals surface area contributed by atoms with E-state index in [1.54, 1.807) is 12.1 Å². The SMILES string of the molecule is Cc1c(Br)cccc1NC(=O)C(=O)N1CCCC(O)C1. The molecule has 1 heterocycles. The minimum atomic E-state index is -0.666. The van der Waals surface area contributed by atoms with Crippen LogP contribution in [0.15, 0.2) is 22.7 Å². The number of aliphatic hydroxyl groups excluding tert-OH is 1. The molecule has 20 heavy (non-hydrogen) atoms. The Bertz CT molecular complexity index is 533. The molecule has 5 nitrogen and oxygen atoms in total. The highest BCUT2D eigenvalue weighted by atomic mass is 79.9. The molecule has 2 N–H and O–H groups in total. The van der Waals surface area contributed by atoms with Gasteiger partial charge in [-0.2, -0.15) is 0 Å². The minimum absolute atomic E-state index is 0.226. The molecule has 1 unspecified atom stereocenters. The Morgan fingerprint density at radius 2 is 2.20 bits per heavy atom. The third-order valence-corrected chi connectivity index (χ3v) is 4.25. The van der Waals surface area contributed by atoms with Crippen LogP contribution in [0.25, 0.3) is 0 Å². The van der Waals surface area contributed by atoms with Gasteiger partial charge < -0.3 is 15.3 Å². The summed E-state index contributed by atoms with van der Waals surface area (Å²) >= 11 is 3.38. The van der Waals surface area contributed by atoms with E-state index >= 15 is 0 Å². The lowest BCUT2D eigenvalue weighted by Crippen LogP contribution is -2.46. The number of amides is 2. The number of β-amino-alcohol motifs (C(OH)–C–C–N with tert-alkyl or cyclic N) is 1. The van der Waals surface area contributed by atoms with Gasteiger partial charge in [0.15, 0.2) is 0 Å². The molecular weight excluding hydrogens is 324 g/mol. The highest BCUT2D eigenvalue weighted by Gasteiger charge is 2.27. The number of aliphatic hydroxyl groups is 1. The molecule has 2 rings (SSSR count). The number of hydrogen-bond acceptors (Lipinski definition) is 3. The van der Waals surface area contributed by atoms with Gasteiger partial charge in [-0.15, -0.1) is 0 Å². The Balaban J connectivity index is 2.04. The van der Waals surface area contributed by atoms with Gasteiger partial charge in [-0.1, -0.05) is 22.0 Å². The number of likely N-dealkylation sites (tertiary alicyclic amines) is 1. The number of benzene rings is 1. The predicted molar refractivity (Wildman–Crippen MR) is 79.3 cm³/mol. The summed E-state index contributed by atoms with van der Waals surface area (Å²) in [7, 11) is 0. The average Bonchev–Trinajstić information content (AvgIpc) is 2.43. The smallest absolute Gasteiger partial charge is 0.313 e. The number of halogens is 1. The van der Waals surface area contributed by atoms with Crippen LogP contribution < -0.4 is 5.32 Å². The van der Waals surface area contributed by atoms with Gasteiger partial charge in [-0.05, 0) is 37.5 Å². The number of hydrogen-bond donors (Lipinski definition) is 2. The highest BCUT2D eigenvalue weighted by molar-refractivity contribution is 9.10. The molecule has 6 heteroatoms. The lowest BCUT2D eigenvalue weighted by Gasteiger charge is -2.29. The minimum Gasteiger partial charge on any atom is -0.391 e. The van der Waals surface area contributed by atoms with Crippen LogP contribution in [-0.4, -0.2) is 41.0 Å². The Morgan fingerprint density at radius 3 is 2.90 bits per heavy atom. The largest absolute Gasteiger partial charge is 0.391 e. The van der Waals surface area contributed by atoms with E-state index in [1.165, 1.54) is 4.90 Å². The Kier molecular flexibility index (Phi) is 4.77. The molecule has 1 fully saturated rings. The van der Waals surface area contributed by atoms with E-state index in [-0.39, 0.29) is 6.54 Å². The second-order valence-corrected chi connectivity index (χ2v) is 5.77.